The Kier molecular flexibility index (Phi) is 4.58. The second-order valence-corrected chi connectivity index (χ2v) is 7.89. The molecule has 7 nitrogen and oxygen atoms in total. The van der Waals surface area contributed by atoms with Crippen LogP contribution >= 0.6 is 0 Å². The number of rotatable bonds is 4. The molecule has 3 aromatic heterocycles. The highest BCUT2D eigenvalue weighted by atomic mass is 16.5. The molecule has 1 aliphatic rings. The minimum atomic E-state index is -0.113. The lowest BCUT2D eigenvalue weighted by Crippen LogP contribution is -2.32. The van der Waals surface area contributed by atoms with Crippen LogP contribution in [-0.4, -0.2) is 31.9 Å². The monoisotopic (exact) mass is 401 g/mol. The first kappa shape index (κ1) is 18.5. The van der Waals surface area contributed by atoms with Gasteiger partial charge in [0.2, 0.25) is 0 Å². The number of amides is 1. The number of hydrogen-bond acceptors (Lipinski definition) is 5. The zero-order valence-corrected chi connectivity index (χ0v) is 17.1. The molecule has 3 heterocycles. The zero-order valence-electron chi connectivity index (χ0n) is 17.1. The Labute approximate surface area is 174 Å². The van der Waals surface area contributed by atoms with Gasteiger partial charge in [-0.25, -0.2) is 4.98 Å². The van der Waals surface area contributed by atoms with Gasteiger partial charge in [0, 0.05) is 30.4 Å². The van der Waals surface area contributed by atoms with E-state index in [1.165, 1.54) is 0 Å². The van der Waals surface area contributed by atoms with Gasteiger partial charge in [-0.15, -0.1) is 0 Å². The molecule has 1 amide bonds. The summed E-state index contributed by atoms with van der Waals surface area (Å²) < 4.78 is 7.35. The van der Waals surface area contributed by atoms with E-state index in [4.69, 9.17) is 4.52 Å². The molecule has 0 radical (unpaired) electrons. The van der Waals surface area contributed by atoms with Crippen molar-refractivity contribution in [3.63, 3.8) is 0 Å². The van der Waals surface area contributed by atoms with Crippen molar-refractivity contribution in [2.75, 3.05) is 0 Å². The molecule has 0 spiro atoms. The number of aryl methyl sites for hydroxylation is 2. The number of carbonyl (C=O) groups is 1. The van der Waals surface area contributed by atoms with Gasteiger partial charge in [-0.3, -0.25) is 9.48 Å². The summed E-state index contributed by atoms with van der Waals surface area (Å²) in [5.41, 5.74) is 4.76. The van der Waals surface area contributed by atoms with E-state index < -0.39 is 0 Å². The summed E-state index contributed by atoms with van der Waals surface area (Å²) >= 11 is 0. The average Bonchev–Trinajstić information content (AvgIpc) is 3.48. The zero-order chi connectivity index (χ0) is 20.7. The first-order chi connectivity index (χ1) is 14.6. The Balaban J connectivity index is 1.68. The smallest absolute Gasteiger partial charge is 0.259 e. The Bertz CT molecular complexity index is 1220. The van der Waals surface area contributed by atoms with Gasteiger partial charge in [0.15, 0.2) is 0 Å². The van der Waals surface area contributed by atoms with Crippen molar-refractivity contribution in [3.05, 3.63) is 53.9 Å². The van der Waals surface area contributed by atoms with Crippen LogP contribution < -0.4 is 5.32 Å². The summed E-state index contributed by atoms with van der Waals surface area (Å²) in [6.45, 7) is 1.93. The highest BCUT2D eigenvalue weighted by Crippen LogP contribution is 2.33. The van der Waals surface area contributed by atoms with Crippen molar-refractivity contribution in [3.8, 4) is 22.5 Å². The van der Waals surface area contributed by atoms with E-state index in [2.05, 4.69) is 20.6 Å². The van der Waals surface area contributed by atoms with Crippen LogP contribution in [0.2, 0.25) is 0 Å². The third kappa shape index (κ3) is 3.26. The van der Waals surface area contributed by atoms with Crippen LogP contribution in [0.3, 0.4) is 0 Å². The van der Waals surface area contributed by atoms with Gasteiger partial charge >= 0.3 is 0 Å². The number of carbonyl (C=O) groups excluding carboxylic acids is 1. The summed E-state index contributed by atoms with van der Waals surface area (Å²) in [5.74, 6) is -0.113. The Morgan fingerprint density at radius 3 is 2.67 bits per heavy atom. The number of pyridine rings is 1. The molecule has 5 rings (SSSR count). The highest BCUT2D eigenvalue weighted by molar-refractivity contribution is 6.10. The van der Waals surface area contributed by atoms with Crippen molar-refractivity contribution in [1.29, 1.82) is 0 Å². The maximum atomic E-state index is 13.3. The minimum absolute atomic E-state index is 0.113. The quantitative estimate of drug-likeness (QED) is 0.552. The third-order valence-electron chi connectivity index (χ3n) is 5.72. The molecule has 0 saturated heterocycles. The number of fused-ring (bicyclic) bond motifs is 1. The Morgan fingerprint density at radius 1 is 1.20 bits per heavy atom. The van der Waals surface area contributed by atoms with Crippen LogP contribution in [0, 0.1) is 6.92 Å². The predicted molar refractivity (Wildman–Crippen MR) is 114 cm³/mol. The molecule has 0 aliphatic heterocycles. The van der Waals surface area contributed by atoms with Crippen LogP contribution in [-0.2, 0) is 7.05 Å². The number of aromatic nitrogens is 4. The van der Waals surface area contributed by atoms with E-state index in [0.29, 0.717) is 28.1 Å². The van der Waals surface area contributed by atoms with Gasteiger partial charge in [0.1, 0.15) is 5.69 Å². The maximum Gasteiger partial charge on any atom is 0.259 e. The molecule has 1 N–H and O–H groups in total. The number of nitrogens with one attached hydrogen (secondary N) is 1. The third-order valence-corrected chi connectivity index (χ3v) is 5.72. The van der Waals surface area contributed by atoms with Crippen molar-refractivity contribution in [1.82, 2.24) is 25.2 Å². The molecule has 30 heavy (non-hydrogen) atoms. The number of benzene rings is 1. The van der Waals surface area contributed by atoms with E-state index in [9.17, 15) is 4.79 Å². The standard InChI is InChI=1S/C23H23N5O2/c1-14-18(13-28(2)26-14)19-12-17(22(29)24-16-10-6-7-11-16)20-21(27-30-23(20)25-19)15-8-4-3-5-9-15/h3-5,8-9,12-13,16H,6-7,10-11H2,1-2H3,(H,24,29). The van der Waals surface area contributed by atoms with Crippen molar-refractivity contribution in [2.45, 2.75) is 38.6 Å². The van der Waals surface area contributed by atoms with Gasteiger partial charge in [-0.2, -0.15) is 5.10 Å². The molecule has 0 unspecified atom stereocenters. The van der Waals surface area contributed by atoms with Crippen LogP contribution in [0.25, 0.3) is 33.6 Å². The average molecular weight is 401 g/mol. The van der Waals surface area contributed by atoms with Crippen molar-refractivity contribution in [2.24, 2.45) is 7.05 Å². The van der Waals surface area contributed by atoms with Crippen LogP contribution in [0.4, 0.5) is 0 Å². The Hall–Kier alpha value is -3.48. The Morgan fingerprint density at radius 2 is 1.97 bits per heavy atom. The molecule has 7 heteroatoms. The normalized spacial score (nSPS) is 14.5. The summed E-state index contributed by atoms with van der Waals surface area (Å²) in [5, 5.41) is 12.5. The molecule has 1 aliphatic carbocycles. The van der Waals surface area contributed by atoms with Crippen LogP contribution in [0.5, 0.6) is 0 Å². The topological polar surface area (TPSA) is 85.8 Å². The first-order valence-corrected chi connectivity index (χ1v) is 10.3. The summed E-state index contributed by atoms with van der Waals surface area (Å²) in [4.78, 5) is 18.0. The largest absolute Gasteiger partial charge is 0.349 e. The molecule has 1 aromatic carbocycles. The van der Waals surface area contributed by atoms with Crippen molar-refractivity contribution >= 4 is 17.0 Å². The fourth-order valence-electron chi connectivity index (χ4n) is 4.25. The fourth-order valence-corrected chi connectivity index (χ4v) is 4.25. The minimum Gasteiger partial charge on any atom is -0.349 e. The van der Waals surface area contributed by atoms with Gasteiger partial charge < -0.3 is 9.84 Å². The predicted octanol–water partition coefficient (Wildman–Crippen LogP) is 4.27. The van der Waals surface area contributed by atoms with Crippen molar-refractivity contribution < 1.29 is 9.32 Å². The van der Waals surface area contributed by atoms with Crippen LogP contribution in [0.15, 0.2) is 47.1 Å². The molecule has 0 bridgehead atoms. The molecule has 1 fully saturated rings. The molecule has 0 atom stereocenters. The number of hydrogen-bond donors (Lipinski definition) is 1. The van der Waals surface area contributed by atoms with Gasteiger partial charge in [-0.1, -0.05) is 48.3 Å². The molecule has 4 aromatic rings. The van der Waals surface area contributed by atoms with Crippen LogP contribution in [0.1, 0.15) is 41.7 Å². The molecular weight excluding hydrogens is 378 g/mol. The van der Waals surface area contributed by atoms with E-state index in [-0.39, 0.29) is 11.9 Å². The number of nitrogens with zero attached hydrogens (tertiary/aromatic N) is 4. The van der Waals surface area contributed by atoms with E-state index in [1.54, 1.807) is 4.68 Å². The first-order valence-electron chi connectivity index (χ1n) is 10.3. The summed E-state index contributed by atoms with van der Waals surface area (Å²) in [6.07, 6.45) is 6.24. The molecular formula is C23H23N5O2. The summed E-state index contributed by atoms with van der Waals surface area (Å²) in [6, 6.07) is 11.8. The SMILES string of the molecule is Cc1nn(C)cc1-c1cc(C(=O)NC2CCCC2)c2c(-c3ccccc3)noc2n1. The second kappa shape index (κ2) is 7.40. The lowest BCUT2D eigenvalue weighted by molar-refractivity contribution is 0.0939. The molecule has 1 saturated carbocycles. The lowest BCUT2D eigenvalue weighted by atomic mass is 10.0. The highest BCUT2D eigenvalue weighted by Gasteiger charge is 2.25. The fraction of sp³-hybridized carbons (Fsp3) is 0.304. The second-order valence-electron chi connectivity index (χ2n) is 7.89. The lowest BCUT2D eigenvalue weighted by Gasteiger charge is -2.13. The van der Waals surface area contributed by atoms with Gasteiger partial charge in [0.05, 0.1) is 22.3 Å². The van der Waals surface area contributed by atoms with E-state index >= 15 is 0 Å². The van der Waals surface area contributed by atoms with Gasteiger partial charge in [-0.05, 0) is 25.8 Å². The van der Waals surface area contributed by atoms with Gasteiger partial charge in [0.25, 0.3) is 11.6 Å². The van der Waals surface area contributed by atoms with E-state index in [0.717, 1.165) is 42.5 Å². The van der Waals surface area contributed by atoms with E-state index in [1.807, 2.05) is 56.6 Å². The maximum absolute atomic E-state index is 13.3. The summed E-state index contributed by atoms with van der Waals surface area (Å²) in [7, 11) is 1.87. The molecule has 152 valence electrons.